The summed E-state index contributed by atoms with van der Waals surface area (Å²) in [5.41, 5.74) is 2.22. The third kappa shape index (κ3) is 2.78. The van der Waals surface area contributed by atoms with Crippen molar-refractivity contribution in [3.8, 4) is 0 Å². The third-order valence-electron chi connectivity index (χ3n) is 2.86. The topological polar surface area (TPSA) is 0 Å². The van der Waals surface area contributed by atoms with Gasteiger partial charge in [0.2, 0.25) is 0 Å². The van der Waals surface area contributed by atoms with Crippen LogP contribution in [-0.4, -0.2) is 6.18 Å². The van der Waals surface area contributed by atoms with E-state index < -0.39 is 11.7 Å². The monoisotopic (exact) mass is 238 g/mol. The molecule has 0 aromatic heterocycles. The van der Waals surface area contributed by atoms with Crippen LogP contribution in [0.3, 0.4) is 0 Å². The van der Waals surface area contributed by atoms with Crippen molar-refractivity contribution in [2.45, 2.75) is 25.9 Å². The van der Waals surface area contributed by atoms with Crippen LogP contribution in [0.1, 0.15) is 24.0 Å². The van der Waals surface area contributed by atoms with Gasteiger partial charge in [-0.25, -0.2) is 0 Å². The number of rotatable bonds is 1. The summed E-state index contributed by atoms with van der Waals surface area (Å²) in [7, 11) is 0. The molecule has 0 spiro atoms. The number of hydrogen-bond donors (Lipinski definition) is 0. The molecule has 17 heavy (non-hydrogen) atoms. The zero-order valence-electron chi connectivity index (χ0n) is 9.51. The van der Waals surface area contributed by atoms with Gasteiger partial charge in [0.15, 0.2) is 0 Å². The van der Waals surface area contributed by atoms with Gasteiger partial charge in [-0.15, -0.1) is 0 Å². The Balaban J connectivity index is 2.31. The fourth-order valence-electron chi connectivity index (χ4n) is 1.89. The van der Waals surface area contributed by atoms with Crippen LogP contribution in [0.5, 0.6) is 0 Å². The maximum atomic E-state index is 12.6. The smallest absolute Gasteiger partial charge is 0.166 e. The van der Waals surface area contributed by atoms with Crippen LogP contribution < -0.4 is 0 Å². The van der Waals surface area contributed by atoms with E-state index in [-0.39, 0.29) is 0 Å². The van der Waals surface area contributed by atoms with Gasteiger partial charge in [0, 0.05) is 0 Å². The zero-order chi connectivity index (χ0) is 12.5. The minimum atomic E-state index is -4.24. The van der Waals surface area contributed by atoms with Gasteiger partial charge in [0.25, 0.3) is 0 Å². The maximum Gasteiger partial charge on any atom is 0.416 e. The second-order valence-electron chi connectivity index (χ2n) is 4.23. The summed E-state index contributed by atoms with van der Waals surface area (Å²) in [4.78, 5) is 0. The molecule has 0 nitrogen and oxygen atoms in total. The lowest BCUT2D eigenvalue weighted by Crippen LogP contribution is -2.12. The molecular formula is C14H13F3. The molecule has 0 N–H and O–H groups in total. The summed E-state index contributed by atoms with van der Waals surface area (Å²) in [5.74, 6) is 0. The second-order valence-corrected chi connectivity index (χ2v) is 4.23. The number of allylic oxidation sites excluding steroid dienone is 4. The Morgan fingerprint density at radius 3 is 2.29 bits per heavy atom. The fourth-order valence-corrected chi connectivity index (χ4v) is 1.89. The highest BCUT2D eigenvalue weighted by Gasteiger charge is 2.33. The Morgan fingerprint density at radius 1 is 1.06 bits per heavy atom. The van der Waals surface area contributed by atoms with Crippen LogP contribution in [0.2, 0.25) is 0 Å². The Kier molecular flexibility index (Phi) is 3.09. The summed E-state index contributed by atoms with van der Waals surface area (Å²) < 4.78 is 37.7. The molecule has 0 atom stereocenters. The Labute approximate surface area is 98.5 Å². The molecule has 0 heterocycles. The molecule has 0 aliphatic heterocycles. The summed E-state index contributed by atoms with van der Waals surface area (Å²) in [6.45, 7) is 1.96. The molecule has 1 aromatic carbocycles. The first kappa shape index (κ1) is 12.0. The van der Waals surface area contributed by atoms with Crippen molar-refractivity contribution in [1.82, 2.24) is 0 Å². The zero-order valence-corrected chi connectivity index (χ0v) is 9.51. The van der Waals surface area contributed by atoms with Gasteiger partial charge < -0.3 is 0 Å². The van der Waals surface area contributed by atoms with Crippen molar-refractivity contribution >= 4 is 5.57 Å². The van der Waals surface area contributed by atoms with Gasteiger partial charge in [-0.2, -0.15) is 13.2 Å². The van der Waals surface area contributed by atoms with Crippen molar-refractivity contribution in [3.63, 3.8) is 0 Å². The highest BCUT2D eigenvalue weighted by atomic mass is 19.4. The molecule has 0 amide bonds. The first-order valence-electron chi connectivity index (χ1n) is 5.52. The quantitative estimate of drug-likeness (QED) is 0.667. The minimum Gasteiger partial charge on any atom is -0.166 e. The summed E-state index contributed by atoms with van der Waals surface area (Å²) in [6.07, 6.45) is -0.598. The molecule has 90 valence electrons. The molecule has 0 radical (unpaired) electrons. The van der Waals surface area contributed by atoms with Gasteiger partial charge in [0.1, 0.15) is 0 Å². The van der Waals surface area contributed by atoms with E-state index >= 15 is 0 Å². The normalized spacial score (nSPS) is 16.5. The molecule has 3 heteroatoms. The second kappa shape index (κ2) is 4.40. The van der Waals surface area contributed by atoms with E-state index in [1.807, 2.05) is 31.2 Å². The van der Waals surface area contributed by atoms with Crippen LogP contribution in [0.25, 0.3) is 5.57 Å². The predicted molar refractivity (Wildman–Crippen MR) is 62.5 cm³/mol. The number of aryl methyl sites for hydroxylation is 1. The Hall–Kier alpha value is -1.51. The van der Waals surface area contributed by atoms with Gasteiger partial charge in [0.05, 0.1) is 5.57 Å². The average Bonchev–Trinajstić information content (AvgIpc) is 2.29. The van der Waals surface area contributed by atoms with E-state index in [9.17, 15) is 13.2 Å². The summed E-state index contributed by atoms with van der Waals surface area (Å²) in [6, 6.07) is 7.59. The number of halogens is 3. The molecule has 1 aliphatic rings. The average molecular weight is 238 g/mol. The Morgan fingerprint density at radius 2 is 1.71 bits per heavy atom. The van der Waals surface area contributed by atoms with Crippen LogP contribution in [0.4, 0.5) is 13.2 Å². The van der Waals surface area contributed by atoms with Crippen LogP contribution in [0.15, 0.2) is 42.0 Å². The molecule has 1 aromatic rings. The van der Waals surface area contributed by atoms with E-state index in [1.54, 1.807) is 0 Å². The van der Waals surface area contributed by atoms with Crippen LogP contribution in [-0.2, 0) is 0 Å². The number of benzene rings is 1. The third-order valence-corrected chi connectivity index (χ3v) is 2.86. The maximum absolute atomic E-state index is 12.6. The molecule has 0 bridgehead atoms. The first-order chi connectivity index (χ1) is 7.97. The van der Waals surface area contributed by atoms with E-state index in [0.717, 1.165) is 16.7 Å². The highest BCUT2D eigenvalue weighted by molar-refractivity contribution is 5.70. The minimum absolute atomic E-state index is 0.453. The first-order valence-corrected chi connectivity index (χ1v) is 5.52. The molecule has 0 fully saturated rings. The molecule has 2 rings (SSSR count). The van der Waals surface area contributed by atoms with E-state index in [2.05, 4.69) is 0 Å². The van der Waals surface area contributed by atoms with E-state index in [1.165, 1.54) is 12.2 Å². The van der Waals surface area contributed by atoms with Crippen LogP contribution >= 0.6 is 0 Å². The van der Waals surface area contributed by atoms with Gasteiger partial charge in [-0.05, 0) is 37.0 Å². The molecule has 1 aliphatic carbocycles. The largest absolute Gasteiger partial charge is 0.416 e. The van der Waals surface area contributed by atoms with Crippen LogP contribution in [0, 0.1) is 6.92 Å². The van der Waals surface area contributed by atoms with Gasteiger partial charge >= 0.3 is 6.18 Å². The lowest BCUT2D eigenvalue weighted by atomic mass is 9.93. The van der Waals surface area contributed by atoms with Crippen molar-refractivity contribution < 1.29 is 13.2 Å². The summed E-state index contributed by atoms with van der Waals surface area (Å²) in [5, 5.41) is 0. The van der Waals surface area contributed by atoms with Gasteiger partial charge in [-0.3, -0.25) is 0 Å². The van der Waals surface area contributed by atoms with Crippen molar-refractivity contribution in [1.29, 1.82) is 0 Å². The number of hydrogen-bond acceptors (Lipinski definition) is 0. The fraction of sp³-hybridized carbons (Fsp3) is 0.286. The summed E-state index contributed by atoms with van der Waals surface area (Å²) >= 11 is 0. The SMILES string of the molecule is Cc1ccc(C2=CC(C(F)(F)F)=CCC2)cc1. The molecule has 0 saturated carbocycles. The van der Waals surface area contributed by atoms with Crippen molar-refractivity contribution in [2.75, 3.05) is 0 Å². The molecule has 0 saturated heterocycles. The highest BCUT2D eigenvalue weighted by Crippen LogP contribution is 2.34. The molecular weight excluding hydrogens is 225 g/mol. The van der Waals surface area contributed by atoms with E-state index in [0.29, 0.717) is 12.8 Å². The van der Waals surface area contributed by atoms with Crippen molar-refractivity contribution in [2.24, 2.45) is 0 Å². The van der Waals surface area contributed by atoms with Crippen molar-refractivity contribution in [3.05, 3.63) is 53.1 Å². The predicted octanol–water partition coefficient (Wildman–Crippen LogP) is 4.66. The lowest BCUT2D eigenvalue weighted by Gasteiger charge is -2.16. The lowest BCUT2D eigenvalue weighted by molar-refractivity contribution is -0.0885. The van der Waals surface area contributed by atoms with Gasteiger partial charge in [-0.1, -0.05) is 35.9 Å². The molecule has 0 unspecified atom stereocenters. The number of alkyl halides is 3. The standard InChI is InChI=1S/C14H13F3/c1-10-5-7-11(8-6-10)12-3-2-4-13(9-12)14(15,16)17/h4-9H,2-3H2,1H3. The van der Waals surface area contributed by atoms with E-state index in [4.69, 9.17) is 0 Å². The Bertz CT molecular complexity index is 461.